The Kier molecular flexibility index (Phi) is 7.54. The molecule has 1 amide bonds. The quantitative estimate of drug-likeness (QED) is 0.662. The molecule has 5 nitrogen and oxygen atoms in total. The Labute approximate surface area is 149 Å². The molecular formula is C20H27NO4. The first-order chi connectivity index (χ1) is 12.1. The second-order valence-corrected chi connectivity index (χ2v) is 6.08. The van der Waals surface area contributed by atoms with Crippen molar-refractivity contribution in [2.45, 2.75) is 46.3 Å². The summed E-state index contributed by atoms with van der Waals surface area (Å²) >= 11 is 0. The zero-order valence-corrected chi connectivity index (χ0v) is 15.2. The van der Waals surface area contributed by atoms with Gasteiger partial charge in [0.25, 0.3) is 5.91 Å². The number of nitrogens with one attached hydrogen (secondary N) is 1. The van der Waals surface area contributed by atoms with Crippen LogP contribution in [0.5, 0.6) is 5.75 Å². The smallest absolute Gasteiger partial charge is 0.286 e. The van der Waals surface area contributed by atoms with E-state index in [0.717, 1.165) is 18.6 Å². The summed E-state index contributed by atoms with van der Waals surface area (Å²) in [6, 6.07) is 11.4. The maximum absolute atomic E-state index is 12.0. The van der Waals surface area contributed by atoms with Crippen molar-refractivity contribution in [2.75, 3.05) is 13.2 Å². The van der Waals surface area contributed by atoms with Crippen LogP contribution in [0.4, 0.5) is 0 Å². The van der Waals surface area contributed by atoms with Crippen molar-refractivity contribution >= 4 is 5.91 Å². The first-order valence-corrected chi connectivity index (χ1v) is 8.78. The zero-order valence-electron chi connectivity index (χ0n) is 15.2. The molecule has 1 aromatic heterocycles. The fraction of sp³-hybridized carbons (Fsp3) is 0.450. The second-order valence-electron chi connectivity index (χ2n) is 6.08. The highest BCUT2D eigenvalue weighted by molar-refractivity contribution is 5.91. The summed E-state index contributed by atoms with van der Waals surface area (Å²) < 4.78 is 16.6. The summed E-state index contributed by atoms with van der Waals surface area (Å²) in [5.41, 5.74) is 1.27. The second kappa shape index (κ2) is 9.89. The van der Waals surface area contributed by atoms with Crippen LogP contribution >= 0.6 is 0 Å². The molecule has 0 atom stereocenters. The van der Waals surface area contributed by atoms with Crippen molar-refractivity contribution in [3.05, 3.63) is 53.5 Å². The average molecular weight is 345 g/mol. The third-order valence-corrected chi connectivity index (χ3v) is 3.66. The van der Waals surface area contributed by atoms with Gasteiger partial charge in [0, 0.05) is 13.2 Å². The van der Waals surface area contributed by atoms with Crippen LogP contribution in [0.15, 0.2) is 40.8 Å². The van der Waals surface area contributed by atoms with Crippen LogP contribution < -0.4 is 10.1 Å². The van der Waals surface area contributed by atoms with Gasteiger partial charge in [-0.3, -0.25) is 4.79 Å². The lowest BCUT2D eigenvalue weighted by molar-refractivity contribution is 0.0753. The predicted octanol–water partition coefficient (Wildman–Crippen LogP) is 3.97. The minimum absolute atomic E-state index is 0.210. The van der Waals surface area contributed by atoms with E-state index in [9.17, 15) is 4.79 Å². The summed E-state index contributed by atoms with van der Waals surface area (Å²) in [4.78, 5) is 12.0. The highest BCUT2D eigenvalue weighted by atomic mass is 16.5. The molecule has 0 spiro atoms. The Hall–Kier alpha value is -2.27. The Morgan fingerprint density at radius 2 is 1.92 bits per heavy atom. The third kappa shape index (κ3) is 6.63. The van der Waals surface area contributed by atoms with Crippen LogP contribution in [0.25, 0.3) is 0 Å². The van der Waals surface area contributed by atoms with Crippen LogP contribution in [0.1, 0.15) is 49.1 Å². The van der Waals surface area contributed by atoms with Gasteiger partial charge in [-0.25, -0.2) is 0 Å². The lowest BCUT2D eigenvalue weighted by Crippen LogP contribution is -2.25. The molecule has 1 heterocycles. The topological polar surface area (TPSA) is 60.7 Å². The molecule has 0 unspecified atom stereocenters. The molecule has 25 heavy (non-hydrogen) atoms. The number of amides is 1. The van der Waals surface area contributed by atoms with Crippen molar-refractivity contribution < 1.29 is 18.7 Å². The van der Waals surface area contributed by atoms with Crippen molar-refractivity contribution in [2.24, 2.45) is 0 Å². The highest BCUT2D eigenvalue weighted by Gasteiger charge is 2.11. The van der Waals surface area contributed by atoms with Gasteiger partial charge in [-0.1, -0.05) is 19.1 Å². The van der Waals surface area contributed by atoms with E-state index in [-0.39, 0.29) is 12.0 Å². The number of carbonyl (C=O) groups is 1. The molecule has 0 bridgehead atoms. The van der Waals surface area contributed by atoms with E-state index in [1.165, 1.54) is 5.56 Å². The average Bonchev–Trinajstić information content (AvgIpc) is 3.09. The molecule has 136 valence electrons. The molecule has 0 radical (unpaired) electrons. The highest BCUT2D eigenvalue weighted by Crippen LogP contribution is 2.16. The van der Waals surface area contributed by atoms with Crippen LogP contribution in [0, 0.1) is 0 Å². The normalized spacial score (nSPS) is 10.9. The molecular weight excluding hydrogens is 318 g/mol. The summed E-state index contributed by atoms with van der Waals surface area (Å²) in [6.45, 7) is 7.57. The number of aryl methyl sites for hydroxylation is 1. The van der Waals surface area contributed by atoms with Crippen molar-refractivity contribution in [1.29, 1.82) is 0 Å². The number of rotatable bonds is 10. The lowest BCUT2D eigenvalue weighted by atomic mass is 10.2. The monoisotopic (exact) mass is 345 g/mol. The van der Waals surface area contributed by atoms with Gasteiger partial charge >= 0.3 is 0 Å². The molecule has 0 saturated heterocycles. The Bertz CT molecular complexity index is 646. The van der Waals surface area contributed by atoms with E-state index < -0.39 is 0 Å². The predicted molar refractivity (Wildman–Crippen MR) is 96.9 cm³/mol. The number of ether oxygens (including phenoxy) is 2. The van der Waals surface area contributed by atoms with Crippen LogP contribution in [-0.2, 0) is 17.8 Å². The Morgan fingerprint density at radius 3 is 2.60 bits per heavy atom. The molecule has 2 rings (SSSR count). The maximum atomic E-state index is 12.0. The molecule has 2 aromatic rings. The molecule has 0 aliphatic heterocycles. The van der Waals surface area contributed by atoms with Gasteiger partial charge in [0.05, 0.1) is 6.10 Å². The standard InChI is InChI=1S/C20H27NO4/c1-4-16-6-8-17(9-7-16)24-14-18-10-11-19(25-18)20(22)21-12-5-13-23-15(2)3/h6-11,15H,4-5,12-14H2,1-3H3,(H,21,22). The van der Waals surface area contributed by atoms with E-state index in [2.05, 4.69) is 12.2 Å². The summed E-state index contributed by atoms with van der Waals surface area (Å²) in [5, 5.41) is 2.82. The molecule has 0 fully saturated rings. The lowest BCUT2D eigenvalue weighted by Gasteiger charge is -2.07. The summed E-state index contributed by atoms with van der Waals surface area (Å²) in [7, 11) is 0. The fourth-order valence-corrected chi connectivity index (χ4v) is 2.23. The maximum Gasteiger partial charge on any atom is 0.286 e. The van der Waals surface area contributed by atoms with E-state index in [0.29, 0.717) is 31.3 Å². The van der Waals surface area contributed by atoms with E-state index in [4.69, 9.17) is 13.9 Å². The number of carbonyl (C=O) groups excluding carboxylic acids is 1. The Morgan fingerprint density at radius 1 is 1.16 bits per heavy atom. The minimum atomic E-state index is -0.219. The zero-order chi connectivity index (χ0) is 18.1. The SMILES string of the molecule is CCc1ccc(OCc2ccc(C(=O)NCCCOC(C)C)o2)cc1. The van der Waals surface area contributed by atoms with Crippen LogP contribution in [0.3, 0.4) is 0 Å². The Balaban J connectivity index is 1.74. The van der Waals surface area contributed by atoms with Gasteiger partial charge in [-0.2, -0.15) is 0 Å². The van der Waals surface area contributed by atoms with Crippen molar-refractivity contribution in [3.8, 4) is 5.75 Å². The third-order valence-electron chi connectivity index (χ3n) is 3.66. The molecule has 0 saturated carbocycles. The van der Waals surface area contributed by atoms with Gasteiger partial charge in [0.15, 0.2) is 5.76 Å². The van der Waals surface area contributed by atoms with E-state index in [1.54, 1.807) is 12.1 Å². The minimum Gasteiger partial charge on any atom is -0.486 e. The molecule has 0 aliphatic rings. The van der Waals surface area contributed by atoms with Crippen LogP contribution in [0.2, 0.25) is 0 Å². The fourth-order valence-electron chi connectivity index (χ4n) is 2.23. The molecule has 1 N–H and O–H groups in total. The van der Waals surface area contributed by atoms with E-state index >= 15 is 0 Å². The van der Waals surface area contributed by atoms with Gasteiger partial charge in [-0.05, 0) is 56.5 Å². The van der Waals surface area contributed by atoms with Crippen molar-refractivity contribution in [3.63, 3.8) is 0 Å². The number of furan rings is 1. The number of hydrogen-bond acceptors (Lipinski definition) is 4. The van der Waals surface area contributed by atoms with Gasteiger partial charge in [0.2, 0.25) is 0 Å². The largest absolute Gasteiger partial charge is 0.486 e. The summed E-state index contributed by atoms with van der Waals surface area (Å²) in [5.74, 6) is 1.48. The summed E-state index contributed by atoms with van der Waals surface area (Å²) in [6.07, 6.45) is 1.98. The van der Waals surface area contributed by atoms with Crippen LogP contribution in [-0.4, -0.2) is 25.2 Å². The van der Waals surface area contributed by atoms with Gasteiger partial charge in [0.1, 0.15) is 18.1 Å². The van der Waals surface area contributed by atoms with E-state index in [1.807, 2.05) is 38.1 Å². The first kappa shape index (κ1) is 19.1. The van der Waals surface area contributed by atoms with Gasteiger partial charge < -0.3 is 19.2 Å². The van der Waals surface area contributed by atoms with Crippen molar-refractivity contribution in [1.82, 2.24) is 5.32 Å². The molecule has 0 aliphatic carbocycles. The number of benzene rings is 1. The molecule has 5 heteroatoms. The molecule has 1 aromatic carbocycles. The van der Waals surface area contributed by atoms with Gasteiger partial charge in [-0.15, -0.1) is 0 Å². The number of hydrogen-bond donors (Lipinski definition) is 1. The first-order valence-electron chi connectivity index (χ1n) is 8.78.